The summed E-state index contributed by atoms with van der Waals surface area (Å²) in [7, 11) is -2.25. The van der Waals surface area contributed by atoms with Crippen LogP contribution in [0.25, 0.3) is 0 Å². The summed E-state index contributed by atoms with van der Waals surface area (Å²) in [6, 6.07) is 21.5. The number of halogens is 1. The van der Waals surface area contributed by atoms with Crippen molar-refractivity contribution in [1.82, 2.24) is 10.2 Å². The summed E-state index contributed by atoms with van der Waals surface area (Å²) in [4.78, 5) is 29.1. The van der Waals surface area contributed by atoms with Gasteiger partial charge in [-0.15, -0.1) is 0 Å². The van der Waals surface area contributed by atoms with Crippen LogP contribution in [0.1, 0.15) is 44.2 Å². The third kappa shape index (κ3) is 9.30. The molecule has 0 heterocycles. The molecule has 42 heavy (non-hydrogen) atoms. The number of carbonyl (C=O) groups excluding carboxylic acids is 2. The number of benzene rings is 3. The standard InChI is InChI=1S/C32H40FN3O5S/c1-5-24(2)34-32(38)30(22-25-13-7-6-8-14-25)35(23-26-15-11-16-27(21-26)41-3)31(37)19-12-20-36(42(4,39)40)29-18-10-9-17-28(29)33/h6-11,13-18,21,24,30H,5,12,19-20,22-23H2,1-4H3,(H,34,38). The van der Waals surface area contributed by atoms with Crippen LogP contribution in [0.5, 0.6) is 5.75 Å². The number of hydrogen-bond acceptors (Lipinski definition) is 5. The first-order valence-electron chi connectivity index (χ1n) is 14.0. The second kappa shape index (κ2) is 15.3. The molecule has 2 unspecified atom stereocenters. The number of carbonyl (C=O) groups is 2. The molecule has 0 radical (unpaired) electrons. The highest BCUT2D eigenvalue weighted by atomic mass is 32.2. The summed E-state index contributed by atoms with van der Waals surface area (Å²) >= 11 is 0. The number of amides is 2. The van der Waals surface area contributed by atoms with Crippen molar-refractivity contribution in [2.45, 2.75) is 58.2 Å². The first kappa shape index (κ1) is 32.6. The highest BCUT2D eigenvalue weighted by molar-refractivity contribution is 7.92. The van der Waals surface area contributed by atoms with Gasteiger partial charge in [0.1, 0.15) is 17.6 Å². The minimum Gasteiger partial charge on any atom is -0.497 e. The van der Waals surface area contributed by atoms with Gasteiger partial charge in [-0.2, -0.15) is 0 Å². The van der Waals surface area contributed by atoms with E-state index in [1.54, 1.807) is 24.1 Å². The smallest absolute Gasteiger partial charge is 0.243 e. The number of rotatable bonds is 15. The third-order valence-corrected chi connectivity index (χ3v) is 8.21. The lowest BCUT2D eigenvalue weighted by atomic mass is 10.0. The van der Waals surface area contributed by atoms with Gasteiger partial charge in [0, 0.05) is 32.0 Å². The van der Waals surface area contributed by atoms with Crippen molar-refractivity contribution in [3.63, 3.8) is 0 Å². The van der Waals surface area contributed by atoms with E-state index in [0.29, 0.717) is 12.2 Å². The van der Waals surface area contributed by atoms with Gasteiger partial charge >= 0.3 is 0 Å². The maximum atomic E-state index is 14.5. The van der Waals surface area contributed by atoms with Gasteiger partial charge in [-0.3, -0.25) is 13.9 Å². The number of anilines is 1. The quantitative estimate of drug-likeness (QED) is 0.268. The van der Waals surface area contributed by atoms with E-state index in [0.717, 1.165) is 28.1 Å². The molecule has 0 spiro atoms. The van der Waals surface area contributed by atoms with E-state index in [9.17, 15) is 22.4 Å². The van der Waals surface area contributed by atoms with E-state index in [1.807, 2.05) is 62.4 Å². The number of hydrogen-bond donors (Lipinski definition) is 1. The molecule has 226 valence electrons. The number of nitrogens with zero attached hydrogens (tertiary/aromatic N) is 2. The molecule has 2 atom stereocenters. The van der Waals surface area contributed by atoms with Crippen LogP contribution in [0.4, 0.5) is 10.1 Å². The van der Waals surface area contributed by atoms with Crippen molar-refractivity contribution in [2.24, 2.45) is 0 Å². The van der Waals surface area contributed by atoms with Crippen molar-refractivity contribution in [3.05, 3.63) is 95.8 Å². The molecule has 0 saturated carbocycles. The number of sulfonamides is 1. The molecular weight excluding hydrogens is 557 g/mol. The molecule has 3 aromatic rings. The van der Waals surface area contributed by atoms with Gasteiger partial charge in [0.05, 0.1) is 19.1 Å². The summed E-state index contributed by atoms with van der Waals surface area (Å²) in [6.45, 7) is 3.93. The van der Waals surface area contributed by atoms with Crippen molar-refractivity contribution in [2.75, 3.05) is 24.2 Å². The molecule has 2 amide bonds. The predicted octanol–water partition coefficient (Wildman–Crippen LogP) is 4.94. The highest BCUT2D eigenvalue weighted by Crippen LogP contribution is 2.23. The number of nitrogens with one attached hydrogen (secondary N) is 1. The number of ether oxygens (including phenoxy) is 1. The minimum absolute atomic E-state index is 0.0493. The zero-order valence-electron chi connectivity index (χ0n) is 24.6. The molecule has 0 bridgehead atoms. The van der Waals surface area contributed by atoms with E-state index in [4.69, 9.17) is 4.74 Å². The van der Waals surface area contributed by atoms with Crippen LogP contribution >= 0.6 is 0 Å². The number of para-hydroxylation sites is 1. The van der Waals surface area contributed by atoms with Crippen LogP contribution < -0.4 is 14.4 Å². The summed E-state index contributed by atoms with van der Waals surface area (Å²) in [6.07, 6.45) is 2.10. The molecule has 8 nitrogen and oxygen atoms in total. The Labute approximate surface area is 248 Å². The Morgan fingerprint density at radius 2 is 1.64 bits per heavy atom. The predicted molar refractivity (Wildman–Crippen MR) is 163 cm³/mol. The lowest BCUT2D eigenvalue weighted by Gasteiger charge is -2.33. The molecule has 3 aromatic carbocycles. The average molecular weight is 598 g/mol. The molecule has 3 rings (SSSR count). The van der Waals surface area contributed by atoms with Crippen LogP contribution in [0, 0.1) is 5.82 Å². The summed E-state index contributed by atoms with van der Waals surface area (Å²) in [5.41, 5.74) is 1.60. The van der Waals surface area contributed by atoms with Crippen molar-refractivity contribution >= 4 is 27.5 Å². The first-order chi connectivity index (χ1) is 20.0. The molecule has 10 heteroatoms. The van der Waals surface area contributed by atoms with Crippen molar-refractivity contribution in [3.8, 4) is 5.75 Å². The summed E-state index contributed by atoms with van der Waals surface area (Å²) < 4.78 is 45.9. The van der Waals surface area contributed by atoms with E-state index >= 15 is 0 Å². The normalized spacial score (nSPS) is 12.7. The van der Waals surface area contributed by atoms with E-state index < -0.39 is 21.9 Å². The Morgan fingerprint density at radius 3 is 2.29 bits per heavy atom. The van der Waals surface area contributed by atoms with Gasteiger partial charge in [-0.25, -0.2) is 12.8 Å². The molecular formula is C32H40FN3O5S. The summed E-state index contributed by atoms with van der Waals surface area (Å²) in [5.74, 6) is -0.635. The third-order valence-electron chi connectivity index (χ3n) is 7.03. The largest absolute Gasteiger partial charge is 0.497 e. The maximum absolute atomic E-state index is 14.5. The van der Waals surface area contributed by atoms with Crippen LogP contribution in [0.15, 0.2) is 78.9 Å². The molecule has 0 aromatic heterocycles. The first-order valence-corrected chi connectivity index (χ1v) is 15.9. The van der Waals surface area contributed by atoms with Crippen molar-refractivity contribution < 1.29 is 27.1 Å². The van der Waals surface area contributed by atoms with E-state index in [2.05, 4.69) is 5.32 Å². The fourth-order valence-corrected chi connectivity index (χ4v) is 5.57. The van der Waals surface area contributed by atoms with Crippen LogP contribution in [-0.2, 0) is 32.6 Å². The zero-order chi connectivity index (χ0) is 30.7. The lowest BCUT2D eigenvalue weighted by Crippen LogP contribution is -2.52. The van der Waals surface area contributed by atoms with Crippen LogP contribution in [0.2, 0.25) is 0 Å². The second-order valence-corrected chi connectivity index (χ2v) is 12.2. The highest BCUT2D eigenvalue weighted by Gasteiger charge is 2.31. The SMILES string of the molecule is CCC(C)NC(=O)C(Cc1ccccc1)N(Cc1cccc(OC)c1)C(=O)CCCN(c1ccccc1F)S(C)(=O)=O. The molecule has 1 N–H and O–H groups in total. The van der Waals surface area contributed by atoms with E-state index in [1.165, 1.54) is 18.2 Å². The van der Waals surface area contributed by atoms with Crippen molar-refractivity contribution in [1.29, 1.82) is 0 Å². The Morgan fingerprint density at radius 1 is 0.976 bits per heavy atom. The van der Waals surface area contributed by atoms with E-state index in [-0.39, 0.29) is 49.5 Å². The van der Waals surface area contributed by atoms with Gasteiger partial charge in [-0.05, 0) is 55.2 Å². The molecule has 0 aliphatic rings. The van der Waals surface area contributed by atoms with Gasteiger partial charge in [0.25, 0.3) is 0 Å². The lowest BCUT2D eigenvalue weighted by molar-refractivity contribution is -0.141. The zero-order valence-corrected chi connectivity index (χ0v) is 25.4. The minimum atomic E-state index is -3.81. The summed E-state index contributed by atoms with van der Waals surface area (Å²) in [5, 5.41) is 3.03. The topological polar surface area (TPSA) is 96.0 Å². The molecule has 0 saturated heterocycles. The number of methoxy groups -OCH3 is 1. The van der Waals surface area contributed by atoms with Crippen LogP contribution in [-0.4, -0.2) is 57.1 Å². The average Bonchev–Trinajstić information content (AvgIpc) is 2.97. The Hall–Kier alpha value is -3.92. The van der Waals surface area contributed by atoms with Gasteiger partial charge in [0.15, 0.2) is 0 Å². The van der Waals surface area contributed by atoms with Gasteiger partial charge < -0.3 is 15.0 Å². The molecule has 0 fully saturated rings. The molecule has 0 aliphatic heterocycles. The fraction of sp³-hybridized carbons (Fsp3) is 0.375. The monoisotopic (exact) mass is 597 g/mol. The maximum Gasteiger partial charge on any atom is 0.243 e. The Balaban J connectivity index is 1.92. The Kier molecular flexibility index (Phi) is 11.9. The molecule has 0 aliphatic carbocycles. The Bertz CT molecular complexity index is 1430. The second-order valence-electron chi connectivity index (χ2n) is 10.3. The van der Waals surface area contributed by atoms with Gasteiger partial charge in [0.2, 0.25) is 21.8 Å². The fourth-order valence-electron chi connectivity index (χ4n) is 4.60. The van der Waals surface area contributed by atoms with Gasteiger partial charge in [-0.1, -0.05) is 61.5 Å². The van der Waals surface area contributed by atoms with Crippen LogP contribution in [0.3, 0.4) is 0 Å².